The van der Waals surface area contributed by atoms with Crippen molar-refractivity contribution >= 4 is 5.97 Å². The minimum atomic E-state index is -0.0416. The summed E-state index contributed by atoms with van der Waals surface area (Å²) < 4.78 is 10.6. The van der Waals surface area contributed by atoms with Crippen molar-refractivity contribution in [3.8, 4) is 5.75 Å². The summed E-state index contributed by atoms with van der Waals surface area (Å²) in [5.74, 6) is 0.886. The quantitative estimate of drug-likeness (QED) is 0.844. The summed E-state index contributed by atoms with van der Waals surface area (Å²) in [6, 6.07) is 4.27. The maximum absolute atomic E-state index is 12.2. The summed E-state index contributed by atoms with van der Waals surface area (Å²) in [6.45, 7) is 8.42. The van der Waals surface area contributed by atoms with Gasteiger partial charge in [-0.2, -0.15) is 0 Å². The van der Waals surface area contributed by atoms with Crippen LogP contribution in [0.3, 0.4) is 0 Å². The summed E-state index contributed by atoms with van der Waals surface area (Å²) in [7, 11) is 1.70. The van der Waals surface area contributed by atoms with E-state index in [1.54, 1.807) is 7.11 Å². The van der Waals surface area contributed by atoms with Crippen LogP contribution in [0.2, 0.25) is 0 Å². The number of piperidine rings is 1. The van der Waals surface area contributed by atoms with E-state index in [0.29, 0.717) is 6.61 Å². The van der Waals surface area contributed by atoms with E-state index in [2.05, 4.69) is 26.0 Å². The number of aryl methyl sites for hydroxylation is 2. The first-order chi connectivity index (χ1) is 10.6. The molecule has 0 saturated carbocycles. The normalized spacial score (nSPS) is 21.5. The van der Waals surface area contributed by atoms with Crippen LogP contribution >= 0.6 is 0 Å². The average molecular weight is 306 g/mol. The van der Waals surface area contributed by atoms with Crippen LogP contribution in [-0.4, -0.2) is 32.3 Å². The fraction of sp³-hybridized carbons (Fsp3) is 0.611. The van der Waals surface area contributed by atoms with Crippen LogP contribution in [-0.2, 0) is 16.1 Å². The van der Waals surface area contributed by atoms with Gasteiger partial charge in [0.25, 0.3) is 0 Å². The van der Waals surface area contributed by atoms with Crippen LogP contribution in [0.15, 0.2) is 12.1 Å². The number of quaternary nitrogens is 1. The first-order valence-corrected chi connectivity index (χ1v) is 8.22. The average Bonchev–Trinajstić information content (AvgIpc) is 2.51. The number of hydrogen-bond donors (Lipinski definition) is 1. The second kappa shape index (κ2) is 7.63. The molecule has 122 valence electrons. The van der Waals surface area contributed by atoms with Gasteiger partial charge < -0.3 is 14.4 Å². The molecule has 0 aliphatic carbocycles. The predicted molar refractivity (Wildman–Crippen MR) is 86.3 cm³/mol. The molecule has 4 nitrogen and oxygen atoms in total. The Balaban J connectivity index is 2.16. The lowest BCUT2D eigenvalue weighted by Crippen LogP contribution is -3.16. The number of likely N-dealkylation sites (tertiary alicyclic amines) is 1. The zero-order valence-corrected chi connectivity index (χ0v) is 14.2. The standard InChI is InChI=1S/C18H27NO3/c1-5-22-18(20)16-8-6-7-9-19(16)12-15-10-14(3)17(21-4)11-13(15)2/h10-11,16H,5-9,12H2,1-4H3/p+1/t16-/m0/s1. The molecule has 0 aromatic heterocycles. The third-order valence-electron chi connectivity index (χ3n) is 4.58. The minimum absolute atomic E-state index is 0.0180. The molecule has 1 aliphatic heterocycles. The topological polar surface area (TPSA) is 40.0 Å². The molecule has 0 bridgehead atoms. The molecule has 1 saturated heterocycles. The van der Waals surface area contributed by atoms with E-state index in [0.717, 1.165) is 37.2 Å². The molecular weight excluding hydrogens is 278 g/mol. The molecule has 22 heavy (non-hydrogen) atoms. The van der Waals surface area contributed by atoms with Crippen molar-refractivity contribution in [2.45, 2.75) is 52.6 Å². The molecule has 1 N–H and O–H groups in total. The van der Waals surface area contributed by atoms with E-state index in [9.17, 15) is 4.79 Å². The zero-order chi connectivity index (χ0) is 16.1. The second-order valence-electron chi connectivity index (χ2n) is 6.13. The molecule has 4 heteroatoms. The smallest absolute Gasteiger partial charge is 0.364 e. The molecule has 1 heterocycles. The molecule has 0 radical (unpaired) electrons. The van der Waals surface area contributed by atoms with Gasteiger partial charge in [0.15, 0.2) is 6.04 Å². The molecule has 2 rings (SSSR count). The van der Waals surface area contributed by atoms with Gasteiger partial charge in [0.2, 0.25) is 0 Å². The molecule has 2 atom stereocenters. The summed E-state index contributed by atoms with van der Waals surface area (Å²) in [5.41, 5.74) is 3.67. The third-order valence-corrected chi connectivity index (χ3v) is 4.58. The van der Waals surface area contributed by atoms with Gasteiger partial charge in [0.1, 0.15) is 12.3 Å². The van der Waals surface area contributed by atoms with Crippen molar-refractivity contribution in [2.75, 3.05) is 20.3 Å². The Hall–Kier alpha value is -1.55. The van der Waals surface area contributed by atoms with Crippen LogP contribution < -0.4 is 9.64 Å². The van der Waals surface area contributed by atoms with Gasteiger partial charge in [-0.3, -0.25) is 0 Å². The fourth-order valence-electron chi connectivity index (χ4n) is 3.32. The number of hydrogen-bond acceptors (Lipinski definition) is 3. The molecule has 0 spiro atoms. The summed E-state index contributed by atoms with van der Waals surface area (Å²) >= 11 is 0. The summed E-state index contributed by atoms with van der Waals surface area (Å²) in [5, 5.41) is 0. The van der Waals surface area contributed by atoms with E-state index in [1.807, 2.05) is 6.92 Å². The number of rotatable bonds is 5. The van der Waals surface area contributed by atoms with Gasteiger partial charge in [-0.05, 0) is 56.9 Å². The van der Waals surface area contributed by atoms with Crippen molar-refractivity contribution in [3.63, 3.8) is 0 Å². The predicted octanol–water partition coefficient (Wildman–Crippen LogP) is 1.81. The molecule has 1 unspecified atom stereocenters. The number of carbonyl (C=O) groups excluding carboxylic acids is 1. The van der Waals surface area contributed by atoms with Crippen molar-refractivity contribution in [1.29, 1.82) is 0 Å². The van der Waals surface area contributed by atoms with Gasteiger partial charge in [-0.25, -0.2) is 4.79 Å². The van der Waals surface area contributed by atoms with Gasteiger partial charge >= 0.3 is 5.97 Å². The summed E-state index contributed by atoms with van der Waals surface area (Å²) in [4.78, 5) is 13.5. The number of benzene rings is 1. The maximum Gasteiger partial charge on any atom is 0.364 e. The van der Waals surface area contributed by atoms with Crippen molar-refractivity contribution in [2.24, 2.45) is 0 Å². The third kappa shape index (κ3) is 3.80. The van der Waals surface area contributed by atoms with E-state index < -0.39 is 0 Å². The number of nitrogens with one attached hydrogen (secondary N) is 1. The Morgan fingerprint density at radius 2 is 2.05 bits per heavy atom. The van der Waals surface area contributed by atoms with Gasteiger partial charge in [-0.1, -0.05) is 0 Å². The van der Waals surface area contributed by atoms with Crippen molar-refractivity contribution in [1.82, 2.24) is 0 Å². The van der Waals surface area contributed by atoms with Crippen LogP contribution in [0, 0.1) is 13.8 Å². The lowest BCUT2D eigenvalue weighted by atomic mass is 9.99. The van der Waals surface area contributed by atoms with Crippen molar-refractivity contribution < 1.29 is 19.2 Å². The Morgan fingerprint density at radius 3 is 2.73 bits per heavy atom. The lowest BCUT2D eigenvalue weighted by molar-refractivity contribution is -0.935. The highest BCUT2D eigenvalue weighted by molar-refractivity contribution is 5.74. The monoisotopic (exact) mass is 306 g/mol. The second-order valence-corrected chi connectivity index (χ2v) is 6.13. The summed E-state index contributed by atoms with van der Waals surface area (Å²) in [6.07, 6.45) is 3.23. The molecule has 1 aromatic rings. The Morgan fingerprint density at radius 1 is 1.27 bits per heavy atom. The van der Waals surface area contributed by atoms with Gasteiger partial charge in [-0.15, -0.1) is 0 Å². The van der Waals surface area contributed by atoms with E-state index in [-0.39, 0.29) is 12.0 Å². The number of carbonyl (C=O) groups is 1. The molecular formula is C18H28NO3+. The highest BCUT2D eigenvalue weighted by Gasteiger charge is 2.33. The highest BCUT2D eigenvalue weighted by atomic mass is 16.5. The first kappa shape index (κ1) is 16.8. The number of esters is 1. The Bertz CT molecular complexity index is 527. The SMILES string of the molecule is CCOC(=O)[C@@H]1CCCC[NH+]1Cc1cc(C)c(OC)cc1C. The van der Waals surface area contributed by atoms with Crippen LogP contribution in [0.25, 0.3) is 0 Å². The lowest BCUT2D eigenvalue weighted by Gasteiger charge is -2.31. The van der Waals surface area contributed by atoms with Gasteiger partial charge in [0.05, 0.1) is 20.3 Å². The zero-order valence-electron chi connectivity index (χ0n) is 14.2. The highest BCUT2D eigenvalue weighted by Crippen LogP contribution is 2.22. The van der Waals surface area contributed by atoms with Crippen LogP contribution in [0.4, 0.5) is 0 Å². The first-order valence-electron chi connectivity index (χ1n) is 8.22. The van der Waals surface area contributed by atoms with E-state index in [4.69, 9.17) is 9.47 Å². The molecule has 1 aromatic carbocycles. The number of methoxy groups -OCH3 is 1. The van der Waals surface area contributed by atoms with Crippen LogP contribution in [0.1, 0.15) is 42.9 Å². The fourth-order valence-corrected chi connectivity index (χ4v) is 3.32. The number of ether oxygens (including phenoxy) is 2. The molecule has 1 aliphatic rings. The Labute approximate surface area is 133 Å². The van der Waals surface area contributed by atoms with Gasteiger partial charge in [0, 0.05) is 12.0 Å². The van der Waals surface area contributed by atoms with E-state index >= 15 is 0 Å². The van der Waals surface area contributed by atoms with Crippen LogP contribution in [0.5, 0.6) is 5.75 Å². The molecule has 1 fully saturated rings. The van der Waals surface area contributed by atoms with Crippen molar-refractivity contribution in [3.05, 3.63) is 28.8 Å². The Kier molecular flexibility index (Phi) is 5.83. The largest absolute Gasteiger partial charge is 0.496 e. The minimum Gasteiger partial charge on any atom is -0.496 e. The maximum atomic E-state index is 12.2. The molecule has 0 amide bonds. The van der Waals surface area contributed by atoms with E-state index in [1.165, 1.54) is 22.4 Å².